The highest BCUT2D eigenvalue weighted by atomic mass is 16.5. The summed E-state index contributed by atoms with van der Waals surface area (Å²) in [6, 6.07) is 0. The first-order valence-electron chi connectivity index (χ1n) is 9.15. The second kappa shape index (κ2) is 7.36. The molecule has 0 radical (unpaired) electrons. The number of aromatic nitrogens is 1. The number of nitrogens with zero attached hydrogens (tertiary/aromatic N) is 3. The van der Waals surface area contributed by atoms with Crippen molar-refractivity contribution in [2.45, 2.75) is 52.4 Å². The molecule has 0 unspecified atom stereocenters. The number of hydrogen-bond donors (Lipinski definition) is 0. The van der Waals surface area contributed by atoms with E-state index in [9.17, 15) is 9.59 Å². The molecular weight excluding hydrogens is 306 g/mol. The van der Waals surface area contributed by atoms with Crippen molar-refractivity contribution in [2.75, 3.05) is 26.2 Å². The first-order valence-corrected chi connectivity index (χ1v) is 9.15. The normalized spacial score (nSPS) is 19.6. The summed E-state index contributed by atoms with van der Waals surface area (Å²) in [4.78, 5) is 29.1. The Morgan fingerprint density at radius 1 is 1.08 bits per heavy atom. The highest BCUT2D eigenvalue weighted by molar-refractivity contribution is 5.96. The molecule has 2 aliphatic rings. The van der Waals surface area contributed by atoms with Crippen molar-refractivity contribution in [3.63, 3.8) is 0 Å². The molecule has 0 N–H and O–H groups in total. The fraction of sp³-hybridized carbons (Fsp3) is 0.722. The Kier molecular flexibility index (Phi) is 5.21. The van der Waals surface area contributed by atoms with Gasteiger partial charge < -0.3 is 14.3 Å². The summed E-state index contributed by atoms with van der Waals surface area (Å²) in [6.07, 6.45) is 6.32. The molecule has 0 aromatic carbocycles. The minimum atomic E-state index is -0.0182. The number of carbonyl (C=O) groups is 2. The molecule has 1 saturated carbocycles. The maximum absolute atomic E-state index is 12.8. The van der Waals surface area contributed by atoms with Gasteiger partial charge in [0.2, 0.25) is 5.91 Å². The number of amides is 2. The van der Waals surface area contributed by atoms with Crippen molar-refractivity contribution in [1.29, 1.82) is 0 Å². The van der Waals surface area contributed by atoms with Gasteiger partial charge in [-0.3, -0.25) is 9.59 Å². The van der Waals surface area contributed by atoms with E-state index in [1.807, 2.05) is 16.7 Å². The fourth-order valence-electron chi connectivity index (χ4n) is 3.83. The molecule has 132 valence electrons. The molecule has 2 amide bonds. The zero-order chi connectivity index (χ0) is 17.1. The van der Waals surface area contributed by atoms with Gasteiger partial charge in [0.1, 0.15) is 11.3 Å². The minimum Gasteiger partial charge on any atom is -0.361 e. The molecule has 2 heterocycles. The summed E-state index contributed by atoms with van der Waals surface area (Å²) < 4.78 is 5.18. The van der Waals surface area contributed by atoms with Crippen LogP contribution in [0.25, 0.3) is 0 Å². The van der Waals surface area contributed by atoms with Gasteiger partial charge in [-0.2, -0.15) is 0 Å². The summed E-state index contributed by atoms with van der Waals surface area (Å²) in [6.45, 7) is 6.19. The van der Waals surface area contributed by atoms with Gasteiger partial charge in [0.05, 0.1) is 5.69 Å². The molecule has 2 fully saturated rings. The number of hydrogen-bond acceptors (Lipinski definition) is 4. The van der Waals surface area contributed by atoms with Crippen LogP contribution in [-0.4, -0.2) is 52.9 Å². The Morgan fingerprint density at radius 2 is 1.71 bits per heavy atom. The van der Waals surface area contributed by atoms with Gasteiger partial charge in [-0.05, 0) is 26.2 Å². The maximum atomic E-state index is 12.8. The Bertz CT molecular complexity index is 597. The third-order valence-corrected chi connectivity index (χ3v) is 5.32. The van der Waals surface area contributed by atoms with Crippen molar-refractivity contribution >= 4 is 11.8 Å². The van der Waals surface area contributed by atoms with E-state index in [-0.39, 0.29) is 17.7 Å². The second-order valence-corrected chi connectivity index (χ2v) is 6.87. The standard InChI is InChI=1S/C18H27N3O3/c1-3-15-16(13(2)24-19-15)18(23)21-11-9-20(10-12-21)17(22)14-7-5-4-6-8-14/h14H,3-12H2,1-2H3. The van der Waals surface area contributed by atoms with Gasteiger partial charge in [0, 0.05) is 32.1 Å². The van der Waals surface area contributed by atoms with Crippen molar-refractivity contribution in [2.24, 2.45) is 5.92 Å². The second-order valence-electron chi connectivity index (χ2n) is 6.87. The van der Waals surface area contributed by atoms with Crippen LogP contribution in [-0.2, 0) is 11.2 Å². The predicted molar refractivity (Wildman–Crippen MR) is 89.7 cm³/mol. The third kappa shape index (κ3) is 3.32. The Morgan fingerprint density at radius 3 is 2.33 bits per heavy atom. The van der Waals surface area contributed by atoms with E-state index in [0.29, 0.717) is 43.9 Å². The molecule has 0 atom stereocenters. The molecule has 3 rings (SSSR count). The van der Waals surface area contributed by atoms with Crippen molar-refractivity contribution < 1.29 is 14.1 Å². The Labute approximate surface area is 143 Å². The SMILES string of the molecule is CCc1noc(C)c1C(=O)N1CCN(C(=O)C2CCCCC2)CC1. The highest BCUT2D eigenvalue weighted by Crippen LogP contribution is 2.26. The van der Waals surface area contributed by atoms with Crippen LogP contribution >= 0.6 is 0 Å². The van der Waals surface area contributed by atoms with Crippen molar-refractivity contribution in [3.8, 4) is 0 Å². The van der Waals surface area contributed by atoms with Gasteiger partial charge in [-0.25, -0.2) is 0 Å². The lowest BCUT2D eigenvalue weighted by molar-refractivity contribution is -0.138. The zero-order valence-corrected chi connectivity index (χ0v) is 14.7. The van der Waals surface area contributed by atoms with Crippen molar-refractivity contribution in [1.82, 2.24) is 15.0 Å². The van der Waals surface area contributed by atoms with Gasteiger partial charge >= 0.3 is 0 Å². The predicted octanol–water partition coefficient (Wildman–Crippen LogP) is 2.41. The van der Waals surface area contributed by atoms with Crippen molar-refractivity contribution in [3.05, 3.63) is 17.0 Å². The lowest BCUT2D eigenvalue weighted by Crippen LogP contribution is -2.52. The fourth-order valence-corrected chi connectivity index (χ4v) is 3.83. The smallest absolute Gasteiger partial charge is 0.259 e. The average molecular weight is 333 g/mol. The van der Waals surface area contributed by atoms with Crippen LogP contribution < -0.4 is 0 Å². The quantitative estimate of drug-likeness (QED) is 0.852. The molecule has 6 nitrogen and oxygen atoms in total. The van der Waals surface area contributed by atoms with Gasteiger partial charge in [0.25, 0.3) is 5.91 Å². The molecule has 1 aliphatic heterocycles. The zero-order valence-electron chi connectivity index (χ0n) is 14.7. The van der Waals surface area contributed by atoms with E-state index in [4.69, 9.17) is 4.52 Å². The first kappa shape index (κ1) is 17.0. The molecule has 0 spiro atoms. The number of aryl methyl sites for hydroxylation is 2. The Balaban J connectivity index is 1.59. The lowest BCUT2D eigenvalue weighted by Gasteiger charge is -2.37. The molecule has 1 aromatic rings. The summed E-state index contributed by atoms with van der Waals surface area (Å²) in [5, 5.41) is 3.97. The summed E-state index contributed by atoms with van der Waals surface area (Å²) >= 11 is 0. The molecule has 1 aromatic heterocycles. The van der Waals surface area contributed by atoms with Crippen LogP contribution in [0.3, 0.4) is 0 Å². The topological polar surface area (TPSA) is 66.7 Å². The van der Waals surface area contributed by atoms with E-state index in [1.54, 1.807) is 6.92 Å². The van der Waals surface area contributed by atoms with Crippen LogP contribution in [0, 0.1) is 12.8 Å². The van der Waals surface area contributed by atoms with Gasteiger partial charge in [-0.15, -0.1) is 0 Å². The molecule has 1 saturated heterocycles. The van der Waals surface area contributed by atoms with E-state index < -0.39 is 0 Å². The van der Waals surface area contributed by atoms with Crippen LogP contribution in [0.5, 0.6) is 0 Å². The Hall–Kier alpha value is -1.85. The summed E-state index contributed by atoms with van der Waals surface area (Å²) in [7, 11) is 0. The molecule has 24 heavy (non-hydrogen) atoms. The largest absolute Gasteiger partial charge is 0.361 e. The van der Waals surface area contributed by atoms with E-state index in [0.717, 1.165) is 18.5 Å². The minimum absolute atomic E-state index is 0.0182. The van der Waals surface area contributed by atoms with Gasteiger partial charge in [0.15, 0.2) is 0 Å². The first-order chi connectivity index (χ1) is 11.6. The summed E-state index contributed by atoms with van der Waals surface area (Å²) in [5.74, 6) is 1.05. The maximum Gasteiger partial charge on any atom is 0.259 e. The van der Waals surface area contributed by atoms with Crippen LogP contribution in [0.4, 0.5) is 0 Å². The molecule has 1 aliphatic carbocycles. The number of carbonyl (C=O) groups excluding carboxylic acids is 2. The van der Waals surface area contributed by atoms with Crippen LogP contribution in [0.15, 0.2) is 4.52 Å². The highest BCUT2D eigenvalue weighted by Gasteiger charge is 2.31. The van der Waals surface area contributed by atoms with E-state index in [2.05, 4.69) is 5.16 Å². The monoisotopic (exact) mass is 333 g/mol. The molecule has 0 bridgehead atoms. The van der Waals surface area contributed by atoms with Crippen LogP contribution in [0.1, 0.15) is 60.8 Å². The van der Waals surface area contributed by atoms with E-state index in [1.165, 1.54) is 19.3 Å². The molecule has 6 heteroatoms. The van der Waals surface area contributed by atoms with Gasteiger partial charge in [-0.1, -0.05) is 31.3 Å². The lowest BCUT2D eigenvalue weighted by atomic mass is 9.88. The van der Waals surface area contributed by atoms with Crippen LogP contribution in [0.2, 0.25) is 0 Å². The molecular formula is C18H27N3O3. The summed E-state index contributed by atoms with van der Waals surface area (Å²) in [5.41, 5.74) is 1.32. The average Bonchev–Trinajstić information content (AvgIpc) is 3.02. The third-order valence-electron chi connectivity index (χ3n) is 5.32. The number of piperazine rings is 1. The van der Waals surface area contributed by atoms with E-state index >= 15 is 0 Å². The number of rotatable bonds is 3.